The molecule has 20 heavy (non-hydrogen) atoms. The first-order valence-corrected chi connectivity index (χ1v) is 8.52. The van der Waals surface area contributed by atoms with E-state index in [4.69, 9.17) is 16.3 Å². The molecule has 0 aromatic heterocycles. The van der Waals surface area contributed by atoms with Gasteiger partial charge in [-0.3, -0.25) is 0 Å². The predicted molar refractivity (Wildman–Crippen MR) is 81.6 cm³/mol. The molecule has 0 aliphatic rings. The van der Waals surface area contributed by atoms with Crippen LogP contribution in [-0.2, 0) is 20.6 Å². The van der Waals surface area contributed by atoms with Gasteiger partial charge < -0.3 is 4.74 Å². The number of likely N-dealkylation sites (N-methyl/N-ethyl adjacent to an activating group) is 1. The van der Waals surface area contributed by atoms with Gasteiger partial charge in [-0.15, -0.1) is 11.6 Å². The van der Waals surface area contributed by atoms with Gasteiger partial charge in [0, 0.05) is 25.6 Å². The zero-order valence-electron chi connectivity index (χ0n) is 12.4. The number of hydrogen-bond acceptors (Lipinski definition) is 3. The van der Waals surface area contributed by atoms with E-state index in [2.05, 4.69) is 0 Å². The Morgan fingerprint density at radius 2 is 2.05 bits per heavy atom. The van der Waals surface area contributed by atoms with Gasteiger partial charge in [-0.1, -0.05) is 19.1 Å². The van der Waals surface area contributed by atoms with E-state index in [1.54, 1.807) is 26.2 Å². The molecule has 0 saturated heterocycles. The van der Waals surface area contributed by atoms with Crippen LogP contribution >= 0.6 is 11.6 Å². The summed E-state index contributed by atoms with van der Waals surface area (Å²) in [5.41, 5.74) is 1.52. The molecule has 0 radical (unpaired) electrons. The fourth-order valence-electron chi connectivity index (χ4n) is 2.17. The monoisotopic (exact) mass is 319 g/mol. The van der Waals surface area contributed by atoms with Crippen LogP contribution in [0.15, 0.2) is 23.1 Å². The summed E-state index contributed by atoms with van der Waals surface area (Å²) in [5, 5.41) is 0. The maximum atomic E-state index is 12.8. The molecule has 0 amide bonds. The summed E-state index contributed by atoms with van der Waals surface area (Å²) in [6, 6.07) is 5.07. The highest BCUT2D eigenvalue weighted by molar-refractivity contribution is 7.89. The summed E-state index contributed by atoms with van der Waals surface area (Å²) in [6.45, 7) is 6.22. The smallest absolute Gasteiger partial charge is 0.243 e. The molecule has 6 heteroatoms. The average molecular weight is 320 g/mol. The molecule has 1 atom stereocenters. The number of benzene rings is 1. The van der Waals surface area contributed by atoms with E-state index in [9.17, 15) is 8.42 Å². The highest BCUT2D eigenvalue weighted by atomic mass is 35.5. The molecule has 1 aromatic carbocycles. The normalized spacial score (nSPS) is 13.7. The highest BCUT2D eigenvalue weighted by Gasteiger charge is 2.29. The van der Waals surface area contributed by atoms with Crippen molar-refractivity contribution < 1.29 is 13.2 Å². The van der Waals surface area contributed by atoms with E-state index in [1.807, 2.05) is 19.9 Å². The van der Waals surface area contributed by atoms with E-state index in [-0.39, 0.29) is 6.04 Å². The minimum atomic E-state index is -3.54. The maximum Gasteiger partial charge on any atom is 0.243 e. The molecule has 1 aromatic rings. The van der Waals surface area contributed by atoms with Crippen molar-refractivity contribution >= 4 is 21.6 Å². The summed E-state index contributed by atoms with van der Waals surface area (Å²) in [7, 11) is -1.98. The van der Waals surface area contributed by atoms with Gasteiger partial charge in [0.1, 0.15) is 0 Å². The number of alkyl halides is 1. The Morgan fingerprint density at radius 1 is 1.40 bits per heavy atom. The lowest BCUT2D eigenvalue weighted by Crippen LogP contribution is -2.41. The number of ether oxygens (including phenoxy) is 1. The lowest BCUT2D eigenvalue weighted by atomic mass is 10.2. The third kappa shape index (κ3) is 3.73. The van der Waals surface area contributed by atoms with Crippen molar-refractivity contribution in [3.05, 3.63) is 29.3 Å². The van der Waals surface area contributed by atoms with E-state index in [0.717, 1.165) is 11.1 Å². The molecule has 0 spiro atoms. The number of rotatable bonds is 7. The number of methoxy groups -OCH3 is 1. The van der Waals surface area contributed by atoms with E-state index < -0.39 is 10.0 Å². The third-order valence-electron chi connectivity index (χ3n) is 3.20. The van der Waals surface area contributed by atoms with Crippen LogP contribution in [0.2, 0.25) is 0 Å². The Bertz CT molecular complexity index is 545. The maximum absolute atomic E-state index is 12.8. The van der Waals surface area contributed by atoms with Crippen molar-refractivity contribution in [2.24, 2.45) is 0 Å². The van der Waals surface area contributed by atoms with Crippen LogP contribution in [-0.4, -0.2) is 39.0 Å². The van der Waals surface area contributed by atoms with E-state index >= 15 is 0 Å². The van der Waals surface area contributed by atoms with Crippen molar-refractivity contribution in [2.45, 2.75) is 37.6 Å². The number of nitrogens with zero attached hydrogens (tertiary/aromatic N) is 1. The zero-order valence-corrected chi connectivity index (χ0v) is 14.0. The van der Waals surface area contributed by atoms with Crippen molar-refractivity contribution in [3.63, 3.8) is 0 Å². The molecular formula is C14H22ClNO3S. The van der Waals surface area contributed by atoms with Gasteiger partial charge in [0.25, 0.3) is 0 Å². The standard InChI is InChI=1S/C14H22ClNO3S/c1-5-16(12(3)10-19-4)20(17,18)14-8-13(9-15)7-6-11(14)2/h6-8,12H,5,9-10H2,1-4H3. The predicted octanol–water partition coefficient (Wildman–Crippen LogP) is 2.78. The lowest BCUT2D eigenvalue weighted by molar-refractivity contribution is 0.142. The summed E-state index contributed by atoms with van der Waals surface area (Å²) < 4.78 is 32.1. The van der Waals surface area contributed by atoms with Crippen LogP contribution in [0.1, 0.15) is 25.0 Å². The fraction of sp³-hybridized carbons (Fsp3) is 0.571. The second kappa shape index (κ2) is 7.41. The Kier molecular flexibility index (Phi) is 6.45. The Labute approximate surface area is 126 Å². The molecule has 0 saturated carbocycles. The van der Waals surface area contributed by atoms with Gasteiger partial charge in [0.05, 0.1) is 11.5 Å². The van der Waals surface area contributed by atoms with Crippen LogP contribution in [0.3, 0.4) is 0 Å². The molecule has 0 bridgehead atoms. The SMILES string of the molecule is CCN(C(C)COC)S(=O)(=O)c1cc(CCl)ccc1C. The molecule has 0 aliphatic carbocycles. The Hall–Kier alpha value is -0.620. The third-order valence-corrected chi connectivity index (χ3v) is 5.74. The lowest BCUT2D eigenvalue weighted by Gasteiger charge is -2.27. The van der Waals surface area contributed by atoms with Gasteiger partial charge in [-0.2, -0.15) is 4.31 Å². The number of halogens is 1. The van der Waals surface area contributed by atoms with Crippen molar-refractivity contribution in [3.8, 4) is 0 Å². The van der Waals surface area contributed by atoms with Gasteiger partial charge in [0.2, 0.25) is 10.0 Å². The number of sulfonamides is 1. The van der Waals surface area contributed by atoms with Crippen LogP contribution in [0.25, 0.3) is 0 Å². The molecule has 0 N–H and O–H groups in total. The summed E-state index contributed by atoms with van der Waals surface area (Å²) in [5.74, 6) is 0.294. The van der Waals surface area contributed by atoms with E-state index in [0.29, 0.717) is 23.9 Å². The van der Waals surface area contributed by atoms with Gasteiger partial charge in [0.15, 0.2) is 0 Å². The number of aryl methyl sites for hydroxylation is 1. The second-order valence-electron chi connectivity index (χ2n) is 4.75. The minimum absolute atomic E-state index is 0.214. The molecule has 0 heterocycles. The molecule has 0 fully saturated rings. The first kappa shape index (κ1) is 17.4. The summed E-state index contributed by atoms with van der Waals surface area (Å²) >= 11 is 5.80. The van der Waals surface area contributed by atoms with Crippen molar-refractivity contribution in [1.82, 2.24) is 4.31 Å². The summed E-state index contributed by atoms with van der Waals surface area (Å²) in [4.78, 5) is 0.320. The van der Waals surface area contributed by atoms with Crippen LogP contribution in [0.5, 0.6) is 0 Å². The quantitative estimate of drug-likeness (QED) is 0.726. The molecule has 0 aliphatic heterocycles. The van der Waals surface area contributed by atoms with Crippen LogP contribution in [0.4, 0.5) is 0 Å². The van der Waals surface area contributed by atoms with Gasteiger partial charge in [-0.25, -0.2) is 8.42 Å². The number of hydrogen-bond donors (Lipinski definition) is 0. The Morgan fingerprint density at radius 3 is 2.55 bits per heavy atom. The molecular weight excluding hydrogens is 298 g/mol. The largest absolute Gasteiger partial charge is 0.383 e. The van der Waals surface area contributed by atoms with Gasteiger partial charge in [-0.05, 0) is 31.0 Å². The fourth-order valence-corrected chi connectivity index (χ4v) is 4.24. The zero-order chi connectivity index (χ0) is 15.3. The topological polar surface area (TPSA) is 46.6 Å². The molecule has 114 valence electrons. The van der Waals surface area contributed by atoms with E-state index in [1.165, 1.54) is 4.31 Å². The first-order chi connectivity index (χ1) is 9.38. The van der Waals surface area contributed by atoms with Crippen LogP contribution in [0, 0.1) is 6.92 Å². The highest BCUT2D eigenvalue weighted by Crippen LogP contribution is 2.23. The van der Waals surface area contributed by atoms with Crippen molar-refractivity contribution in [1.29, 1.82) is 0 Å². The molecule has 1 unspecified atom stereocenters. The minimum Gasteiger partial charge on any atom is -0.383 e. The second-order valence-corrected chi connectivity index (χ2v) is 6.87. The summed E-state index contributed by atoms with van der Waals surface area (Å²) in [6.07, 6.45) is 0. The average Bonchev–Trinajstić information content (AvgIpc) is 2.39. The first-order valence-electron chi connectivity index (χ1n) is 6.54. The van der Waals surface area contributed by atoms with Gasteiger partial charge >= 0.3 is 0 Å². The van der Waals surface area contributed by atoms with Crippen molar-refractivity contribution in [2.75, 3.05) is 20.3 Å². The molecule has 1 rings (SSSR count). The van der Waals surface area contributed by atoms with Crippen LogP contribution < -0.4 is 0 Å². The molecule has 4 nitrogen and oxygen atoms in total. The Balaban J connectivity index is 3.26.